The van der Waals surface area contributed by atoms with Crippen molar-refractivity contribution in [2.24, 2.45) is 4.99 Å². The van der Waals surface area contributed by atoms with Gasteiger partial charge in [0.2, 0.25) is 0 Å². The molecule has 4 heteroatoms. The number of hydrogen-bond donors (Lipinski definition) is 0. The van der Waals surface area contributed by atoms with E-state index in [0.717, 1.165) is 11.4 Å². The van der Waals surface area contributed by atoms with E-state index in [2.05, 4.69) is 4.99 Å². The van der Waals surface area contributed by atoms with Crippen molar-refractivity contribution in [3.8, 4) is 0 Å². The zero-order valence-electron chi connectivity index (χ0n) is 12.2. The predicted octanol–water partition coefficient (Wildman–Crippen LogP) is 3.66. The van der Waals surface area contributed by atoms with Crippen molar-refractivity contribution < 1.29 is 9.53 Å². The second-order valence-corrected chi connectivity index (χ2v) is 4.43. The van der Waals surface area contributed by atoms with Gasteiger partial charge in [0, 0.05) is 7.05 Å². The molecule has 0 spiro atoms. The smallest absolute Gasteiger partial charge is 0.340 e. The van der Waals surface area contributed by atoms with E-state index in [9.17, 15) is 4.79 Å². The van der Waals surface area contributed by atoms with Crippen LogP contribution in [0.15, 0.2) is 59.6 Å². The number of nitrogens with zero attached hydrogens (tertiary/aromatic N) is 2. The fourth-order valence-electron chi connectivity index (χ4n) is 1.89. The van der Waals surface area contributed by atoms with Crippen molar-refractivity contribution in [2.45, 2.75) is 6.92 Å². The number of esters is 1. The van der Waals surface area contributed by atoms with Crippen LogP contribution in [0, 0.1) is 0 Å². The number of carbonyl (C=O) groups is 1. The van der Waals surface area contributed by atoms with Crippen molar-refractivity contribution in [2.75, 3.05) is 18.6 Å². The van der Waals surface area contributed by atoms with Gasteiger partial charge in [0.05, 0.1) is 29.9 Å². The third-order valence-electron chi connectivity index (χ3n) is 2.92. The molecule has 21 heavy (non-hydrogen) atoms. The average molecular weight is 282 g/mol. The zero-order chi connectivity index (χ0) is 15.1. The minimum Gasteiger partial charge on any atom is -0.462 e. The standard InChI is InChI=1S/C17H18N2O2/c1-3-21-17(20)15-11-7-8-12-16(15)19(2)13-18-14-9-5-4-6-10-14/h4-13H,3H2,1-2H3. The van der Waals surface area contributed by atoms with E-state index in [1.54, 1.807) is 24.2 Å². The Bertz CT molecular complexity index is 624. The largest absolute Gasteiger partial charge is 0.462 e. The summed E-state index contributed by atoms with van der Waals surface area (Å²) in [6, 6.07) is 17.0. The van der Waals surface area contributed by atoms with Crippen molar-refractivity contribution >= 4 is 23.7 Å². The Hall–Kier alpha value is -2.62. The first kappa shape index (κ1) is 14.8. The molecule has 0 radical (unpaired) electrons. The summed E-state index contributed by atoms with van der Waals surface area (Å²) in [7, 11) is 1.85. The predicted molar refractivity (Wildman–Crippen MR) is 85.4 cm³/mol. The first-order valence-electron chi connectivity index (χ1n) is 6.80. The molecule has 0 atom stereocenters. The zero-order valence-corrected chi connectivity index (χ0v) is 12.2. The van der Waals surface area contributed by atoms with E-state index < -0.39 is 0 Å². The number of anilines is 1. The first-order chi connectivity index (χ1) is 10.2. The fourth-order valence-corrected chi connectivity index (χ4v) is 1.89. The van der Waals surface area contributed by atoms with Gasteiger partial charge in [-0.3, -0.25) is 0 Å². The van der Waals surface area contributed by atoms with Gasteiger partial charge >= 0.3 is 5.97 Å². The number of hydrogen-bond acceptors (Lipinski definition) is 3. The molecule has 0 amide bonds. The highest BCUT2D eigenvalue weighted by atomic mass is 16.5. The Kier molecular flexibility index (Phi) is 5.10. The molecule has 4 nitrogen and oxygen atoms in total. The van der Waals surface area contributed by atoms with Crippen LogP contribution in [0.25, 0.3) is 0 Å². The maximum atomic E-state index is 12.0. The highest BCUT2D eigenvalue weighted by Crippen LogP contribution is 2.20. The van der Waals surface area contributed by atoms with E-state index >= 15 is 0 Å². The third kappa shape index (κ3) is 3.92. The topological polar surface area (TPSA) is 41.9 Å². The molecule has 0 saturated carbocycles. The maximum Gasteiger partial charge on any atom is 0.340 e. The quantitative estimate of drug-likeness (QED) is 0.477. The molecule has 0 saturated heterocycles. The number of para-hydroxylation sites is 2. The lowest BCUT2D eigenvalue weighted by Gasteiger charge is -2.16. The van der Waals surface area contributed by atoms with Crippen molar-refractivity contribution in [3.63, 3.8) is 0 Å². The number of benzene rings is 2. The van der Waals surface area contributed by atoms with Gasteiger partial charge in [0.25, 0.3) is 0 Å². The van der Waals surface area contributed by atoms with Gasteiger partial charge in [-0.1, -0.05) is 30.3 Å². The van der Waals surface area contributed by atoms with E-state index in [0.29, 0.717) is 12.2 Å². The minimum absolute atomic E-state index is 0.326. The van der Waals surface area contributed by atoms with Crippen molar-refractivity contribution in [1.82, 2.24) is 0 Å². The first-order valence-corrected chi connectivity index (χ1v) is 6.80. The molecule has 0 bridgehead atoms. The summed E-state index contributed by atoms with van der Waals surface area (Å²) in [6.45, 7) is 2.15. The van der Waals surface area contributed by atoms with Crippen LogP contribution in [0.3, 0.4) is 0 Å². The number of rotatable bonds is 5. The molecular formula is C17H18N2O2. The van der Waals surface area contributed by atoms with E-state index in [-0.39, 0.29) is 5.97 Å². The van der Waals surface area contributed by atoms with Gasteiger partial charge in [-0.25, -0.2) is 9.79 Å². The monoisotopic (exact) mass is 282 g/mol. The SMILES string of the molecule is CCOC(=O)c1ccccc1N(C)C=Nc1ccccc1. The summed E-state index contributed by atoms with van der Waals surface area (Å²) in [5, 5.41) is 0. The van der Waals surface area contributed by atoms with Crippen LogP contribution in [-0.2, 0) is 4.74 Å². The maximum absolute atomic E-state index is 12.0. The van der Waals surface area contributed by atoms with Crippen molar-refractivity contribution in [1.29, 1.82) is 0 Å². The lowest BCUT2D eigenvalue weighted by molar-refractivity contribution is 0.0527. The van der Waals surface area contributed by atoms with E-state index in [1.165, 1.54) is 0 Å². The van der Waals surface area contributed by atoms with Gasteiger partial charge in [0.1, 0.15) is 0 Å². The second-order valence-electron chi connectivity index (χ2n) is 4.43. The number of ether oxygens (including phenoxy) is 1. The van der Waals surface area contributed by atoms with Crippen LogP contribution >= 0.6 is 0 Å². The van der Waals surface area contributed by atoms with Crippen molar-refractivity contribution in [3.05, 3.63) is 60.2 Å². The minimum atomic E-state index is -0.326. The Morgan fingerprint density at radius 1 is 1.14 bits per heavy atom. The second kappa shape index (κ2) is 7.24. The fraction of sp³-hybridized carbons (Fsp3) is 0.176. The Balaban J connectivity index is 2.21. The van der Waals surface area contributed by atoms with Gasteiger partial charge in [0.15, 0.2) is 0 Å². The van der Waals surface area contributed by atoms with Gasteiger partial charge in [-0.2, -0.15) is 0 Å². The molecule has 108 valence electrons. The summed E-state index contributed by atoms with van der Waals surface area (Å²) in [5.41, 5.74) is 2.15. The molecule has 2 rings (SSSR count). The third-order valence-corrected chi connectivity index (χ3v) is 2.92. The molecule has 0 unspecified atom stereocenters. The molecule has 0 aliphatic rings. The summed E-state index contributed by atoms with van der Waals surface area (Å²) in [6.07, 6.45) is 1.69. The molecule has 2 aromatic carbocycles. The van der Waals surface area contributed by atoms with Crippen LogP contribution in [0.1, 0.15) is 17.3 Å². The Labute approximate surface area is 124 Å². The Morgan fingerprint density at radius 2 is 1.81 bits per heavy atom. The Morgan fingerprint density at radius 3 is 2.52 bits per heavy atom. The summed E-state index contributed by atoms with van der Waals surface area (Å²) < 4.78 is 5.07. The lowest BCUT2D eigenvalue weighted by Crippen LogP contribution is -2.18. The highest BCUT2D eigenvalue weighted by Gasteiger charge is 2.13. The molecule has 0 aliphatic heterocycles. The lowest BCUT2D eigenvalue weighted by atomic mass is 10.1. The summed E-state index contributed by atoms with van der Waals surface area (Å²) in [4.78, 5) is 18.1. The van der Waals surface area contributed by atoms with Crippen LogP contribution < -0.4 is 4.90 Å². The molecule has 0 fully saturated rings. The van der Waals surface area contributed by atoms with Crippen LogP contribution in [0.5, 0.6) is 0 Å². The van der Waals surface area contributed by atoms with Crippen LogP contribution in [0.4, 0.5) is 11.4 Å². The summed E-state index contributed by atoms with van der Waals surface area (Å²) >= 11 is 0. The molecule has 0 aromatic heterocycles. The summed E-state index contributed by atoms with van der Waals surface area (Å²) in [5.74, 6) is -0.326. The molecule has 0 N–H and O–H groups in total. The van der Waals surface area contributed by atoms with Gasteiger partial charge in [-0.15, -0.1) is 0 Å². The van der Waals surface area contributed by atoms with Crippen LogP contribution in [-0.4, -0.2) is 26.0 Å². The number of aliphatic imine (C=N–C) groups is 1. The normalized spacial score (nSPS) is 10.6. The molecular weight excluding hydrogens is 264 g/mol. The van der Waals surface area contributed by atoms with E-state index in [4.69, 9.17) is 4.74 Å². The highest BCUT2D eigenvalue weighted by molar-refractivity contribution is 5.99. The molecule has 2 aromatic rings. The molecule has 0 aliphatic carbocycles. The van der Waals surface area contributed by atoms with Gasteiger partial charge in [-0.05, 0) is 31.2 Å². The average Bonchev–Trinajstić information content (AvgIpc) is 2.54. The van der Waals surface area contributed by atoms with Crippen LogP contribution in [0.2, 0.25) is 0 Å². The van der Waals surface area contributed by atoms with E-state index in [1.807, 2.05) is 55.6 Å². The molecule has 0 heterocycles. The number of carbonyl (C=O) groups excluding carboxylic acids is 1. The van der Waals surface area contributed by atoms with Gasteiger partial charge < -0.3 is 9.64 Å².